The molecule has 5 heteroatoms. The van der Waals surface area contributed by atoms with Crippen molar-refractivity contribution in [2.24, 2.45) is 5.92 Å². The van der Waals surface area contributed by atoms with E-state index in [-0.39, 0.29) is 24.1 Å². The molecule has 1 unspecified atom stereocenters. The number of nitrogens with one attached hydrogen (secondary N) is 1. The zero-order valence-corrected chi connectivity index (χ0v) is 11.1. The van der Waals surface area contributed by atoms with E-state index in [1.54, 1.807) is 6.92 Å². The first-order valence-corrected chi connectivity index (χ1v) is 5.92. The number of hydrogen-bond acceptors (Lipinski definition) is 3. The second kappa shape index (κ2) is 5.71. The van der Waals surface area contributed by atoms with Gasteiger partial charge in [0, 0.05) is 11.6 Å². The van der Waals surface area contributed by atoms with E-state index in [4.69, 9.17) is 9.52 Å². The summed E-state index contributed by atoms with van der Waals surface area (Å²) < 4.78 is 5.13. The van der Waals surface area contributed by atoms with Crippen molar-refractivity contribution in [3.8, 4) is 0 Å². The molecule has 0 saturated heterocycles. The molecule has 5 nitrogen and oxygen atoms in total. The molecule has 0 spiro atoms. The summed E-state index contributed by atoms with van der Waals surface area (Å²) in [5.74, 6) is -0.786. The molecule has 1 atom stereocenters. The first-order chi connectivity index (χ1) is 8.32. The van der Waals surface area contributed by atoms with Crippen LogP contribution in [0.5, 0.6) is 0 Å². The van der Waals surface area contributed by atoms with E-state index in [0.717, 1.165) is 0 Å². The maximum Gasteiger partial charge on any atom is 0.311 e. The predicted octanol–water partition coefficient (Wildman–Crippen LogP) is 1.99. The molecule has 0 bridgehead atoms. The van der Waals surface area contributed by atoms with Gasteiger partial charge in [0.1, 0.15) is 12.2 Å². The van der Waals surface area contributed by atoms with Gasteiger partial charge in [0.25, 0.3) is 5.91 Å². The summed E-state index contributed by atoms with van der Waals surface area (Å²) in [6.07, 6.45) is 1.12. The smallest absolute Gasteiger partial charge is 0.311 e. The second-order valence-electron chi connectivity index (χ2n) is 4.79. The number of carbonyl (C=O) groups excluding carboxylic acids is 1. The number of aliphatic carboxylic acids is 1. The number of carbonyl (C=O) groups is 2. The molecule has 0 aliphatic rings. The highest BCUT2D eigenvalue weighted by Gasteiger charge is 2.22. The fraction of sp³-hybridized carbons (Fsp3) is 0.538. The molecular weight excluding hydrogens is 234 g/mol. The highest BCUT2D eigenvalue weighted by atomic mass is 16.4. The molecule has 1 aromatic rings. The van der Waals surface area contributed by atoms with E-state index < -0.39 is 5.97 Å². The summed E-state index contributed by atoms with van der Waals surface area (Å²) in [6, 6.07) is 0.0180. The quantitative estimate of drug-likeness (QED) is 0.841. The van der Waals surface area contributed by atoms with Crippen molar-refractivity contribution < 1.29 is 19.1 Å². The van der Waals surface area contributed by atoms with Gasteiger partial charge in [-0.25, -0.2) is 0 Å². The molecule has 0 aliphatic carbocycles. The van der Waals surface area contributed by atoms with Crippen LogP contribution in [-0.2, 0) is 11.2 Å². The SMILES string of the molecule is Cc1coc(CC(=O)O)c1C(=O)NC(C)C(C)C. The molecular formula is C13H19NO4. The lowest BCUT2D eigenvalue weighted by Crippen LogP contribution is -2.36. The lowest BCUT2D eigenvalue weighted by Gasteiger charge is -2.17. The molecule has 100 valence electrons. The third kappa shape index (κ3) is 3.35. The van der Waals surface area contributed by atoms with Gasteiger partial charge in [-0.15, -0.1) is 0 Å². The van der Waals surface area contributed by atoms with Crippen LogP contribution in [0.15, 0.2) is 10.7 Å². The van der Waals surface area contributed by atoms with Gasteiger partial charge in [-0.1, -0.05) is 13.8 Å². The normalized spacial score (nSPS) is 12.5. The van der Waals surface area contributed by atoms with Crippen LogP contribution in [0, 0.1) is 12.8 Å². The molecule has 0 fully saturated rings. The number of aryl methyl sites for hydroxylation is 1. The predicted molar refractivity (Wildman–Crippen MR) is 66.6 cm³/mol. The highest BCUT2D eigenvalue weighted by Crippen LogP contribution is 2.18. The number of hydrogen-bond donors (Lipinski definition) is 2. The molecule has 18 heavy (non-hydrogen) atoms. The number of carboxylic acid groups (broad SMARTS) is 1. The van der Waals surface area contributed by atoms with Crippen molar-refractivity contribution in [2.75, 3.05) is 0 Å². The number of carboxylic acids is 1. The molecule has 0 aliphatic heterocycles. The monoisotopic (exact) mass is 253 g/mol. The fourth-order valence-corrected chi connectivity index (χ4v) is 1.52. The largest absolute Gasteiger partial charge is 0.481 e. The first kappa shape index (κ1) is 14.3. The average Bonchev–Trinajstić information content (AvgIpc) is 2.58. The Morgan fingerprint density at radius 1 is 1.39 bits per heavy atom. The van der Waals surface area contributed by atoms with Crippen molar-refractivity contribution in [1.29, 1.82) is 0 Å². The van der Waals surface area contributed by atoms with Gasteiger partial charge in [0.2, 0.25) is 0 Å². The first-order valence-electron chi connectivity index (χ1n) is 5.92. The van der Waals surface area contributed by atoms with E-state index in [0.29, 0.717) is 17.0 Å². The lowest BCUT2D eigenvalue weighted by atomic mass is 10.0. The zero-order chi connectivity index (χ0) is 13.9. The Kier molecular flexibility index (Phi) is 4.53. The van der Waals surface area contributed by atoms with Gasteiger partial charge < -0.3 is 14.8 Å². The van der Waals surface area contributed by atoms with E-state index >= 15 is 0 Å². The van der Waals surface area contributed by atoms with E-state index in [2.05, 4.69) is 5.32 Å². The third-order valence-electron chi connectivity index (χ3n) is 2.95. The summed E-state index contributed by atoms with van der Waals surface area (Å²) in [4.78, 5) is 22.8. The number of amides is 1. The molecule has 1 aromatic heterocycles. The molecule has 2 N–H and O–H groups in total. The van der Waals surface area contributed by atoms with Gasteiger partial charge in [0.15, 0.2) is 0 Å². The van der Waals surface area contributed by atoms with Crippen molar-refractivity contribution >= 4 is 11.9 Å². The molecule has 1 rings (SSSR count). The minimum atomic E-state index is -1.02. The standard InChI is InChI=1S/C13H19NO4/c1-7(2)9(4)14-13(17)12-8(3)6-18-10(12)5-11(15)16/h6-7,9H,5H2,1-4H3,(H,14,17)(H,15,16). The van der Waals surface area contributed by atoms with Crippen LogP contribution in [-0.4, -0.2) is 23.0 Å². The Hall–Kier alpha value is -1.78. The third-order valence-corrected chi connectivity index (χ3v) is 2.95. The summed E-state index contributed by atoms with van der Waals surface area (Å²) in [5, 5.41) is 11.6. The van der Waals surface area contributed by atoms with Gasteiger partial charge in [-0.2, -0.15) is 0 Å². The van der Waals surface area contributed by atoms with Crippen LogP contribution in [0.25, 0.3) is 0 Å². The molecule has 0 aromatic carbocycles. The van der Waals surface area contributed by atoms with Gasteiger partial charge in [-0.3, -0.25) is 9.59 Å². The minimum Gasteiger partial charge on any atom is -0.481 e. The minimum absolute atomic E-state index is 0.0180. The van der Waals surface area contributed by atoms with Crippen molar-refractivity contribution in [3.63, 3.8) is 0 Å². The van der Waals surface area contributed by atoms with Gasteiger partial charge in [0.05, 0.1) is 11.8 Å². The molecule has 1 heterocycles. The van der Waals surface area contributed by atoms with Crippen LogP contribution in [0.4, 0.5) is 0 Å². The Balaban J connectivity index is 2.91. The maximum absolute atomic E-state index is 12.1. The Morgan fingerprint density at radius 3 is 2.50 bits per heavy atom. The van der Waals surface area contributed by atoms with Crippen LogP contribution < -0.4 is 5.32 Å². The molecule has 0 saturated carbocycles. The maximum atomic E-state index is 12.1. The van der Waals surface area contributed by atoms with Crippen LogP contribution in [0.2, 0.25) is 0 Å². The number of rotatable bonds is 5. The van der Waals surface area contributed by atoms with E-state index in [9.17, 15) is 9.59 Å². The Morgan fingerprint density at radius 2 is 2.00 bits per heavy atom. The molecule has 0 radical (unpaired) electrons. The Bertz CT molecular complexity index is 448. The topological polar surface area (TPSA) is 79.5 Å². The van der Waals surface area contributed by atoms with Crippen molar-refractivity contribution in [1.82, 2.24) is 5.32 Å². The summed E-state index contributed by atoms with van der Waals surface area (Å²) in [6.45, 7) is 7.65. The molecule has 1 amide bonds. The van der Waals surface area contributed by atoms with E-state index in [1.807, 2.05) is 20.8 Å². The van der Waals surface area contributed by atoms with Crippen LogP contribution in [0.3, 0.4) is 0 Å². The highest BCUT2D eigenvalue weighted by molar-refractivity contribution is 5.97. The van der Waals surface area contributed by atoms with Crippen LogP contribution >= 0.6 is 0 Å². The average molecular weight is 253 g/mol. The zero-order valence-electron chi connectivity index (χ0n) is 11.1. The lowest BCUT2D eigenvalue weighted by molar-refractivity contribution is -0.136. The summed E-state index contributed by atoms with van der Waals surface area (Å²) in [5.41, 5.74) is 0.990. The van der Waals surface area contributed by atoms with Crippen molar-refractivity contribution in [2.45, 2.75) is 40.2 Å². The number of furan rings is 1. The van der Waals surface area contributed by atoms with Crippen molar-refractivity contribution in [3.05, 3.63) is 23.2 Å². The fourth-order valence-electron chi connectivity index (χ4n) is 1.52. The summed E-state index contributed by atoms with van der Waals surface area (Å²) in [7, 11) is 0. The van der Waals surface area contributed by atoms with Gasteiger partial charge >= 0.3 is 5.97 Å². The summed E-state index contributed by atoms with van der Waals surface area (Å²) >= 11 is 0. The van der Waals surface area contributed by atoms with Crippen LogP contribution in [0.1, 0.15) is 42.5 Å². The Labute approximate surface area is 106 Å². The second-order valence-corrected chi connectivity index (χ2v) is 4.79. The van der Waals surface area contributed by atoms with E-state index in [1.165, 1.54) is 6.26 Å². The van der Waals surface area contributed by atoms with Gasteiger partial charge in [-0.05, 0) is 19.8 Å².